The van der Waals surface area contributed by atoms with E-state index in [9.17, 15) is 13.2 Å². The van der Waals surface area contributed by atoms with Crippen LogP contribution >= 0.6 is 0 Å². The largest absolute Gasteiger partial charge is 0.358 e. The first-order valence-electron chi connectivity index (χ1n) is 9.76. The second kappa shape index (κ2) is 7.78. The summed E-state index contributed by atoms with van der Waals surface area (Å²) < 4.78 is 33.7. The van der Waals surface area contributed by atoms with Crippen LogP contribution in [0.2, 0.25) is 0 Å². The number of hydrogen-bond donors (Lipinski definition) is 1. The van der Waals surface area contributed by atoms with Gasteiger partial charge in [-0.05, 0) is 30.7 Å². The molecular weight excluding hydrogens is 390 g/mol. The van der Waals surface area contributed by atoms with Crippen LogP contribution in [-0.2, 0) is 14.8 Å². The molecule has 2 heterocycles. The Labute approximate surface area is 171 Å². The molecule has 8 heteroatoms. The van der Waals surface area contributed by atoms with Gasteiger partial charge in [0.05, 0.1) is 11.5 Å². The van der Waals surface area contributed by atoms with Gasteiger partial charge in [-0.3, -0.25) is 0 Å². The molecular formula is C21H25N3O4S. The highest BCUT2D eigenvalue weighted by Crippen LogP contribution is 2.38. The van der Waals surface area contributed by atoms with Gasteiger partial charge in [-0.2, -0.15) is 4.31 Å². The fourth-order valence-corrected chi connectivity index (χ4v) is 5.76. The molecule has 0 aliphatic carbocycles. The normalized spacial score (nSPS) is 19.4. The average Bonchev–Trinajstić information content (AvgIpc) is 3.14. The lowest BCUT2D eigenvalue weighted by molar-refractivity contribution is -0.0840. The van der Waals surface area contributed by atoms with Crippen LogP contribution in [0.5, 0.6) is 0 Å². The van der Waals surface area contributed by atoms with E-state index in [2.05, 4.69) is 5.32 Å². The molecule has 2 aliphatic heterocycles. The molecule has 0 atom stereocenters. The molecule has 0 radical (unpaired) electrons. The topological polar surface area (TPSA) is 79.0 Å². The van der Waals surface area contributed by atoms with Crippen LogP contribution in [0.4, 0.5) is 10.5 Å². The smallest absolute Gasteiger partial charge is 0.321 e. The number of likely N-dealkylation sites (tertiary alicyclic amines) is 1. The minimum Gasteiger partial charge on any atom is -0.358 e. The van der Waals surface area contributed by atoms with Gasteiger partial charge < -0.3 is 15.0 Å². The number of aryl methyl sites for hydroxylation is 1. The zero-order chi connectivity index (χ0) is 20.5. The Kier molecular flexibility index (Phi) is 5.33. The summed E-state index contributed by atoms with van der Waals surface area (Å²) in [6.07, 6.45) is 0.889. The highest BCUT2D eigenvalue weighted by molar-refractivity contribution is 7.89. The van der Waals surface area contributed by atoms with Crippen molar-refractivity contribution in [2.75, 3.05) is 31.6 Å². The predicted octanol–water partition coefficient (Wildman–Crippen LogP) is 3.04. The minimum atomic E-state index is -3.65. The lowest BCUT2D eigenvalue weighted by Gasteiger charge is -2.42. The van der Waals surface area contributed by atoms with Crippen LogP contribution in [0.15, 0.2) is 59.5 Å². The zero-order valence-electron chi connectivity index (χ0n) is 16.4. The highest BCUT2D eigenvalue weighted by atomic mass is 32.2. The quantitative estimate of drug-likeness (QED) is 0.836. The number of carbonyl (C=O) groups excluding carboxylic acids is 1. The Morgan fingerprint density at radius 1 is 1.00 bits per heavy atom. The third-order valence-electron chi connectivity index (χ3n) is 5.67. The summed E-state index contributed by atoms with van der Waals surface area (Å²) in [4.78, 5) is 14.6. The van der Waals surface area contributed by atoms with E-state index in [0.717, 1.165) is 11.3 Å². The third-order valence-corrected chi connectivity index (χ3v) is 7.63. The van der Waals surface area contributed by atoms with Gasteiger partial charge in [-0.15, -0.1) is 0 Å². The number of piperidine rings is 1. The lowest BCUT2D eigenvalue weighted by Crippen LogP contribution is -2.56. The summed E-state index contributed by atoms with van der Waals surface area (Å²) >= 11 is 0. The molecule has 2 aliphatic rings. The number of nitrogens with one attached hydrogen (secondary N) is 1. The maximum Gasteiger partial charge on any atom is 0.321 e. The maximum absolute atomic E-state index is 13.2. The van der Waals surface area contributed by atoms with Gasteiger partial charge in [0.1, 0.15) is 5.72 Å². The summed E-state index contributed by atoms with van der Waals surface area (Å²) in [5, 5.41) is 2.94. The van der Waals surface area contributed by atoms with Crippen molar-refractivity contribution < 1.29 is 17.9 Å². The van der Waals surface area contributed by atoms with E-state index in [1.165, 1.54) is 4.31 Å². The molecule has 1 spiro atoms. The second-order valence-electron chi connectivity index (χ2n) is 7.42. The Balaban J connectivity index is 1.46. The van der Waals surface area contributed by atoms with E-state index in [1.807, 2.05) is 31.2 Å². The Hall–Kier alpha value is -2.42. The molecule has 2 aromatic rings. The molecule has 0 aromatic heterocycles. The first-order valence-corrected chi connectivity index (χ1v) is 11.2. The van der Waals surface area contributed by atoms with Crippen LogP contribution in [0, 0.1) is 6.92 Å². The van der Waals surface area contributed by atoms with Crippen molar-refractivity contribution in [2.24, 2.45) is 0 Å². The number of para-hydroxylation sites is 1. The molecule has 154 valence electrons. The number of anilines is 1. The number of rotatable bonds is 3. The van der Waals surface area contributed by atoms with Crippen molar-refractivity contribution in [1.29, 1.82) is 0 Å². The fourth-order valence-electron chi connectivity index (χ4n) is 4.01. The number of carbonyl (C=O) groups is 1. The van der Waals surface area contributed by atoms with Crippen molar-refractivity contribution in [2.45, 2.75) is 30.4 Å². The van der Waals surface area contributed by atoms with Crippen LogP contribution in [0.25, 0.3) is 0 Å². The van der Waals surface area contributed by atoms with E-state index in [-0.39, 0.29) is 10.9 Å². The van der Waals surface area contributed by atoms with E-state index in [0.29, 0.717) is 39.1 Å². The predicted molar refractivity (Wildman–Crippen MR) is 110 cm³/mol. The number of ether oxygens (including phenoxy) is 1. The molecule has 1 N–H and O–H groups in total. The minimum absolute atomic E-state index is 0.176. The monoisotopic (exact) mass is 415 g/mol. The first-order chi connectivity index (χ1) is 13.9. The second-order valence-corrected chi connectivity index (χ2v) is 9.28. The number of nitrogens with zero attached hydrogens (tertiary/aromatic N) is 2. The van der Waals surface area contributed by atoms with Crippen molar-refractivity contribution in [3.05, 3.63) is 60.2 Å². The van der Waals surface area contributed by atoms with Crippen molar-refractivity contribution in [1.82, 2.24) is 9.21 Å². The molecule has 0 unspecified atom stereocenters. The van der Waals surface area contributed by atoms with E-state index >= 15 is 0 Å². The molecule has 29 heavy (non-hydrogen) atoms. The molecule has 2 fully saturated rings. The summed E-state index contributed by atoms with van der Waals surface area (Å²) in [5.74, 6) is 0. The van der Waals surface area contributed by atoms with Crippen molar-refractivity contribution in [3.63, 3.8) is 0 Å². The van der Waals surface area contributed by atoms with Crippen LogP contribution in [0.3, 0.4) is 0 Å². The van der Waals surface area contributed by atoms with E-state index < -0.39 is 15.7 Å². The SMILES string of the molecule is Cc1ccccc1NC(=O)N1CCC2(CC1)OCCN2S(=O)(=O)c1ccccc1. The standard InChI is InChI=1S/C21H25N3O4S/c1-17-7-5-6-10-19(17)22-20(25)23-13-11-21(12-14-23)24(15-16-28-21)29(26,27)18-8-3-2-4-9-18/h2-10H,11-16H2,1H3,(H,22,25). The van der Waals surface area contributed by atoms with Gasteiger partial charge in [0.2, 0.25) is 10.0 Å². The van der Waals surface area contributed by atoms with Gasteiger partial charge in [0.15, 0.2) is 0 Å². The number of benzene rings is 2. The van der Waals surface area contributed by atoms with Crippen molar-refractivity contribution in [3.8, 4) is 0 Å². The molecule has 0 bridgehead atoms. The van der Waals surface area contributed by atoms with E-state index in [4.69, 9.17) is 4.74 Å². The Morgan fingerprint density at radius 2 is 1.66 bits per heavy atom. The lowest BCUT2D eigenvalue weighted by atomic mass is 10.0. The van der Waals surface area contributed by atoms with Crippen LogP contribution in [-0.4, -0.2) is 55.6 Å². The number of urea groups is 1. The molecule has 2 amide bonds. The fraction of sp³-hybridized carbons (Fsp3) is 0.381. The van der Waals surface area contributed by atoms with Crippen LogP contribution in [0.1, 0.15) is 18.4 Å². The van der Waals surface area contributed by atoms with Gasteiger partial charge in [-0.25, -0.2) is 13.2 Å². The summed E-state index contributed by atoms with van der Waals surface area (Å²) in [5.41, 5.74) is 0.894. The van der Waals surface area contributed by atoms with E-state index in [1.54, 1.807) is 35.2 Å². The first kappa shape index (κ1) is 19.9. The van der Waals surface area contributed by atoms with Gasteiger partial charge in [-0.1, -0.05) is 36.4 Å². The van der Waals surface area contributed by atoms with Gasteiger partial charge in [0.25, 0.3) is 0 Å². The molecule has 2 saturated heterocycles. The molecule has 7 nitrogen and oxygen atoms in total. The third kappa shape index (κ3) is 3.75. The molecule has 0 saturated carbocycles. The van der Waals surface area contributed by atoms with Gasteiger partial charge in [0, 0.05) is 38.2 Å². The summed E-state index contributed by atoms with van der Waals surface area (Å²) in [6, 6.07) is 15.9. The number of sulfonamides is 1. The van der Waals surface area contributed by atoms with Crippen LogP contribution < -0.4 is 5.32 Å². The zero-order valence-corrected chi connectivity index (χ0v) is 17.2. The Bertz CT molecular complexity index is 986. The summed E-state index contributed by atoms with van der Waals surface area (Å²) in [7, 11) is -3.65. The van der Waals surface area contributed by atoms with Gasteiger partial charge >= 0.3 is 6.03 Å². The molecule has 2 aromatic carbocycles. The number of amides is 2. The highest BCUT2D eigenvalue weighted by Gasteiger charge is 2.50. The maximum atomic E-state index is 13.2. The molecule has 4 rings (SSSR count). The van der Waals surface area contributed by atoms with Crippen molar-refractivity contribution >= 4 is 21.7 Å². The average molecular weight is 416 g/mol. The number of hydrogen-bond acceptors (Lipinski definition) is 4. The Morgan fingerprint density at radius 3 is 2.34 bits per heavy atom. The summed E-state index contributed by atoms with van der Waals surface area (Å²) in [6.45, 7) is 3.49.